The number of nitrogens with zero attached hydrogens (tertiary/aromatic N) is 1. The van der Waals surface area contributed by atoms with Gasteiger partial charge < -0.3 is 10.2 Å². The van der Waals surface area contributed by atoms with E-state index in [1.165, 1.54) is 24.3 Å². The molecule has 1 atom stereocenters. The molecule has 0 aromatic heterocycles. The normalized spacial score (nSPS) is 13.3. The van der Waals surface area contributed by atoms with Crippen molar-refractivity contribution in [1.29, 1.82) is 0 Å². The van der Waals surface area contributed by atoms with Crippen LogP contribution >= 0.6 is 0 Å². The van der Waals surface area contributed by atoms with Gasteiger partial charge in [-0.05, 0) is 0 Å². The fourth-order valence-corrected chi connectivity index (χ4v) is 1.24. The van der Waals surface area contributed by atoms with E-state index in [0.717, 1.165) is 0 Å². The Labute approximate surface area is 101 Å². The number of carboxylic acids is 1. The van der Waals surface area contributed by atoms with Crippen molar-refractivity contribution in [3.8, 4) is 0 Å². The number of aliphatic hydroxyl groups is 1. The van der Waals surface area contributed by atoms with Crippen LogP contribution < -0.4 is 0 Å². The van der Waals surface area contributed by atoms with Gasteiger partial charge in [0.1, 0.15) is 6.61 Å². The van der Waals surface area contributed by atoms with Gasteiger partial charge in [0.25, 0.3) is 0 Å². The summed E-state index contributed by atoms with van der Waals surface area (Å²) in [5, 5.41) is 28.6. The summed E-state index contributed by atoms with van der Waals surface area (Å²) in [5.41, 5.74) is -2.52. The SMILES string of the molecule is O=C(O)C(CO)(c1ccccc1)[N+](=O)[O-].[Ni]. The number of aliphatic hydroxyl groups excluding tert-OH is 1. The van der Waals surface area contributed by atoms with E-state index in [1.807, 2.05) is 0 Å². The van der Waals surface area contributed by atoms with E-state index in [2.05, 4.69) is 0 Å². The summed E-state index contributed by atoms with van der Waals surface area (Å²) in [5.74, 6) is -1.68. The van der Waals surface area contributed by atoms with Gasteiger partial charge in [-0.1, -0.05) is 30.3 Å². The van der Waals surface area contributed by atoms with Crippen LogP contribution in [0.5, 0.6) is 0 Å². The number of carbonyl (C=O) groups is 1. The monoisotopic (exact) mass is 269 g/mol. The minimum atomic E-state index is -2.47. The van der Waals surface area contributed by atoms with E-state index in [4.69, 9.17) is 10.2 Å². The van der Waals surface area contributed by atoms with Gasteiger partial charge in [-0.25, -0.2) is 4.79 Å². The van der Waals surface area contributed by atoms with E-state index in [1.54, 1.807) is 6.07 Å². The first-order valence-electron chi connectivity index (χ1n) is 4.10. The molecule has 1 unspecified atom stereocenters. The van der Waals surface area contributed by atoms with Crippen LogP contribution in [0.4, 0.5) is 0 Å². The molecular formula is C9H9NNiO5. The number of hydrogen-bond acceptors (Lipinski definition) is 4. The third-order valence-corrected chi connectivity index (χ3v) is 2.15. The predicted octanol–water partition coefficient (Wildman–Crippen LogP) is 0.233. The van der Waals surface area contributed by atoms with Gasteiger partial charge in [-0.3, -0.25) is 10.1 Å². The van der Waals surface area contributed by atoms with Crippen molar-refractivity contribution in [3.05, 3.63) is 46.0 Å². The van der Waals surface area contributed by atoms with Crippen LogP contribution in [0.2, 0.25) is 0 Å². The van der Waals surface area contributed by atoms with Crippen LogP contribution in [0.1, 0.15) is 5.56 Å². The minimum Gasteiger partial charge on any atom is -0.476 e. The summed E-state index contributed by atoms with van der Waals surface area (Å²) in [6.45, 7) is -1.08. The second kappa shape index (κ2) is 5.58. The molecule has 0 radical (unpaired) electrons. The molecule has 90 valence electrons. The third kappa shape index (κ3) is 2.20. The van der Waals surface area contributed by atoms with Gasteiger partial charge in [0.15, 0.2) is 0 Å². The zero-order chi connectivity index (χ0) is 11.5. The molecule has 6 nitrogen and oxygen atoms in total. The summed E-state index contributed by atoms with van der Waals surface area (Å²) in [4.78, 5) is 20.7. The first kappa shape index (κ1) is 14.5. The number of benzene rings is 1. The van der Waals surface area contributed by atoms with Crippen LogP contribution in [0.25, 0.3) is 0 Å². The van der Waals surface area contributed by atoms with Crippen LogP contribution in [-0.2, 0) is 26.8 Å². The Morgan fingerprint density at radius 3 is 2.19 bits per heavy atom. The summed E-state index contributed by atoms with van der Waals surface area (Å²) >= 11 is 0. The van der Waals surface area contributed by atoms with Crippen LogP contribution in [0.3, 0.4) is 0 Å². The molecule has 0 spiro atoms. The topological polar surface area (TPSA) is 101 Å². The van der Waals surface area contributed by atoms with Crippen LogP contribution in [0.15, 0.2) is 30.3 Å². The molecule has 1 aromatic carbocycles. The molecule has 16 heavy (non-hydrogen) atoms. The van der Waals surface area contributed by atoms with E-state index in [-0.39, 0.29) is 22.1 Å². The number of rotatable bonds is 4. The van der Waals surface area contributed by atoms with Crippen LogP contribution in [0, 0.1) is 10.1 Å². The van der Waals surface area contributed by atoms with Gasteiger partial charge in [0.2, 0.25) is 0 Å². The maximum Gasteiger partial charge on any atom is 0.389 e. The van der Waals surface area contributed by atoms with Gasteiger partial charge in [-0.2, -0.15) is 0 Å². The first-order chi connectivity index (χ1) is 7.05. The summed E-state index contributed by atoms with van der Waals surface area (Å²) < 4.78 is 0. The molecule has 0 heterocycles. The number of aliphatic carboxylic acids is 1. The molecule has 2 N–H and O–H groups in total. The van der Waals surface area contributed by atoms with E-state index in [9.17, 15) is 14.9 Å². The zero-order valence-electron chi connectivity index (χ0n) is 7.98. The van der Waals surface area contributed by atoms with Gasteiger partial charge >= 0.3 is 11.5 Å². The molecular weight excluding hydrogens is 261 g/mol. The third-order valence-electron chi connectivity index (χ3n) is 2.15. The zero-order valence-corrected chi connectivity index (χ0v) is 8.96. The number of carboxylic acid groups (broad SMARTS) is 1. The molecule has 7 heteroatoms. The molecule has 1 aromatic rings. The van der Waals surface area contributed by atoms with E-state index in [0.29, 0.717) is 0 Å². The van der Waals surface area contributed by atoms with Crippen molar-refractivity contribution in [2.24, 2.45) is 0 Å². The Morgan fingerprint density at radius 2 is 1.88 bits per heavy atom. The molecule has 1 rings (SSSR count). The average Bonchev–Trinajstić information content (AvgIpc) is 2.20. The molecule has 0 fully saturated rings. The molecule has 0 aliphatic carbocycles. The maximum atomic E-state index is 10.9. The molecule has 0 bridgehead atoms. The number of hydrogen-bond donors (Lipinski definition) is 2. The molecule has 0 aliphatic rings. The Hall–Kier alpha value is -1.46. The Kier molecular flexibility index (Phi) is 5.07. The van der Waals surface area contributed by atoms with E-state index < -0.39 is 23.0 Å². The standard InChI is InChI=1S/C9H9NO5.Ni/c11-6-9(8(12)13,10(14)15)7-4-2-1-3-5-7;/h1-5,11H,6H2,(H,12,13);. The van der Waals surface area contributed by atoms with Crippen molar-refractivity contribution >= 4 is 5.97 Å². The van der Waals surface area contributed by atoms with Crippen LogP contribution in [-0.4, -0.2) is 27.7 Å². The van der Waals surface area contributed by atoms with Gasteiger partial charge in [0, 0.05) is 27.0 Å². The Bertz CT molecular complexity index is 367. The molecule has 0 amide bonds. The number of nitro groups is 1. The van der Waals surface area contributed by atoms with E-state index >= 15 is 0 Å². The van der Waals surface area contributed by atoms with Gasteiger partial charge in [0.05, 0.1) is 0 Å². The second-order valence-corrected chi connectivity index (χ2v) is 2.95. The van der Waals surface area contributed by atoms with Crippen molar-refractivity contribution in [3.63, 3.8) is 0 Å². The average molecular weight is 270 g/mol. The van der Waals surface area contributed by atoms with Crippen molar-refractivity contribution in [2.45, 2.75) is 5.54 Å². The fourth-order valence-electron chi connectivity index (χ4n) is 1.24. The van der Waals surface area contributed by atoms with Gasteiger partial charge in [-0.15, -0.1) is 0 Å². The van der Waals surface area contributed by atoms with Crippen molar-refractivity contribution in [2.75, 3.05) is 6.61 Å². The smallest absolute Gasteiger partial charge is 0.389 e. The summed E-state index contributed by atoms with van der Waals surface area (Å²) in [6, 6.07) is 7.16. The first-order valence-corrected chi connectivity index (χ1v) is 4.10. The Balaban J connectivity index is 0.00000225. The second-order valence-electron chi connectivity index (χ2n) is 2.95. The molecule has 0 saturated heterocycles. The molecule has 0 saturated carbocycles. The molecule has 0 aliphatic heterocycles. The minimum absolute atomic E-state index is 0. The van der Waals surface area contributed by atoms with Crippen molar-refractivity contribution < 1.29 is 36.4 Å². The largest absolute Gasteiger partial charge is 0.476 e. The van der Waals surface area contributed by atoms with Crippen molar-refractivity contribution in [1.82, 2.24) is 0 Å². The maximum absolute atomic E-state index is 10.9. The fraction of sp³-hybridized carbons (Fsp3) is 0.222. The summed E-state index contributed by atoms with van der Waals surface area (Å²) in [6.07, 6.45) is 0. The Morgan fingerprint density at radius 1 is 1.38 bits per heavy atom. The predicted molar refractivity (Wildman–Crippen MR) is 49.8 cm³/mol. The summed E-state index contributed by atoms with van der Waals surface area (Å²) in [7, 11) is 0. The quantitative estimate of drug-likeness (QED) is 0.463.